The minimum Gasteiger partial charge on any atom is -0.335 e. The first kappa shape index (κ1) is 15.1. The zero-order valence-electron chi connectivity index (χ0n) is 12.8. The van der Waals surface area contributed by atoms with Crippen LogP contribution in [0, 0.1) is 0 Å². The maximum absolute atomic E-state index is 12.1. The van der Waals surface area contributed by atoms with Gasteiger partial charge in [-0.2, -0.15) is 5.10 Å². The molecule has 120 valence electrons. The number of aromatic nitrogens is 2. The molecule has 1 aliphatic rings. The number of aromatic amines is 1. The predicted molar refractivity (Wildman–Crippen MR) is 87.5 cm³/mol. The molecular formula is C16H19N5O2. The van der Waals surface area contributed by atoms with Gasteiger partial charge in [-0.25, -0.2) is 4.79 Å². The zero-order valence-corrected chi connectivity index (χ0v) is 12.8. The Morgan fingerprint density at radius 2 is 1.96 bits per heavy atom. The molecule has 0 bridgehead atoms. The van der Waals surface area contributed by atoms with Crippen molar-refractivity contribution in [1.82, 2.24) is 15.5 Å². The number of nitrogens with one attached hydrogen (secondary N) is 4. The molecule has 2 aromatic rings. The van der Waals surface area contributed by atoms with E-state index in [0.29, 0.717) is 23.1 Å². The summed E-state index contributed by atoms with van der Waals surface area (Å²) in [7, 11) is 0. The predicted octanol–water partition coefficient (Wildman–Crippen LogP) is 2.51. The Morgan fingerprint density at radius 3 is 2.57 bits per heavy atom. The summed E-state index contributed by atoms with van der Waals surface area (Å²) in [5.41, 5.74) is 2.11. The van der Waals surface area contributed by atoms with Crippen LogP contribution in [0.5, 0.6) is 0 Å². The van der Waals surface area contributed by atoms with E-state index in [2.05, 4.69) is 26.1 Å². The summed E-state index contributed by atoms with van der Waals surface area (Å²) in [6.07, 6.45) is 2.91. The highest BCUT2D eigenvalue weighted by molar-refractivity contribution is 6.04. The van der Waals surface area contributed by atoms with E-state index in [-0.39, 0.29) is 11.9 Å². The molecule has 1 aromatic carbocycles. The number of anilines is 2. The number of amides is 3. The third kappa shape index (κ3) is 4.09. The normalized spacial score (nSPS) is 13.4. The highest BCUT2D eigenvalue weighted by Gasteiger charge is 2.23. The molecule has 0 spiro atoms. The van der Waals surface area contributed by atoms with Crippen LogP contribution in [0.1, 0.15) is 35.8 Å². The van der Waals surface area contributed by atoms with Gasteiger partial charge in [0.05, 0.1) is 0 Å². The van der Waals surface area contributed by atoms with E-state index in [4.69, 9.17) is 0 Å². The maximum Gasteiger partial charge on any atom is 0.319 e. The quantitative estimate of drug-likeness (QED) is 0.682. The molecule has 1 fully saturated rings. The van der Waals surface area contributed by atoms with Gasteiger partial charge >= 0.3 is 6.03 Å². The minimum atomic E-state index is -0.242. The first-order valence-electron chi connectivity index (χ1n) is 7.67. The van der Waals surface area contributed by atoms with Gasteiger partial charge in [0, 0.05) is 29.1 Å². The number of rotatable bonds is 5. The third-order valence-electron chi connectivity index (χ3n) is 3.57. The molecular weight excluding hydrogens is 294 g/mol. The molecule has 0 saturated heterocycles. The molecule has 1 heterocycles. The van der Waals surface area contributed by atoms with E-state index in [1.807, 2.05) is 6.92 Å². The number of carbonyl (C=O) groups excluding carboxylic acids is 2. The van der Waals surface area contributed by atoms with Crippen LogP contribution in [0.15, 0.2) is 30.3 Å². The Bertz CT molecular complexity index is 704. The molecule has 0 aliphatic heterocycles. The van der Waals surface area contributed by atoms with Gasteiger partial charge in [0.2, 0.25) is 0 Å². The SMILES string of the molecule is CCc1cc(NC(=O)c2ccc(NC(=O)NC3CC3)cc2)n[nH]1. The number of carbonyl (C=O) groups is 2. The molecule has 23 heavy (non-hydrogen) atoms. The van der Waals surface area contributed by atoms with E-state index in [1.165, 1.54) is 0 Å². The second kappa shape index (κ2) is 6.51. The Labute approximate surface area is 133 Å². The smallest absolute Gasteiger partial charge is 0.319 e. The minimum absolute atomic E-state index is 0.215. The number of aryl methyl sites for hydroxylation is 1. The summed E-state index contributed by atoms with van der Waals surface area (Å²) >= 11 is 0. The fourth-order valence-electron chi connectivity index (χ4n) is 2.08. The van der Waals surface area contributed by atoms with Gasteiger partial charge in [-0.3, -0.25) is 9.89 Å². The van der Waals surface area contributed by atoms with E-state index in [0.717, 1.165) is 25.0 Å². The van der Waals surface area contributed by atoms with Crippen molar-refractivity contribution in [3.05, 3.63) is 41.6 Å². The van der Waals surface area contributed by atoms with E-state index in [9.17, 15) is 9.59 Å². The lowest BCUT2D eigenvalue weighted by Crippen LogP contribution is -2.30. The molecule has 0 unspecified atom stereocenters. The number of hydrogen-bond acceptors (Lipinski definition) is 3. The van der Waals surface area contributed by atoms with Gasteiger partial charge in [0.15, 0.2) is 5.82 Å². The topological polar surface area (TPSA) is 98.9 Å². The van der Waals surface area contributed by atoms with Crippen molar-refractivity contribution in [3.8, 4) is 0 Å². The average molecular weight is 313 g/mol. The molecule has 7 nitrogen and oxygen atoms in total. The van der Waals surface area contributed by atoms with Crippen molar-refractivity contribution in [2.24, 2.45) is 0 Å². The van der Waals surface area contributed by atoms with Crippen LogP contribution in [0.2, 0.25) is 0 Å². The Hall–Kier alpha value is -2.83. The lowest BCUT2D eigenvalue weighted by atomic mass is 10.2. The molecule has 0 atom stereocenters. The molecule has 1 aliphatic carbocycles. The Morgan fingerprint density at radius 1 is 1.22 bits per heavy atom. The lowest BCUT2D eigenvalue weighted by molar-refractivity contribution is 0.102. The molecule has 7 heteroatoms. The second-order valence-electron chi connectivity index (χ2n) is 5.54. The summed E-state index contributed by atoms with van der Waals surface area (Å²) in [5.74, 6) is 0.256. The standard InChI is InChI=1S/C16H19N5O2/c1-2-11-9-14(21-20-11)19-15(22)10-3-5-12(6-4-10)17-16(23)18-13-7-8-13/h3-6,9,13H,2,7-8H2,1H3,(H2,17,18,23)(H2,19,20,21,22). The third-order valence-corrected chi connectivity index (χ3v) is 3.57. The fraction of sp³-hybridized carbons (Fsp3) is 0.312. The first-order chi connectivity index (χ1) is 11.1. The van der Waals surface area contributed by atoms with Gasteiger partial charge in [0.25, 0.3) is 5.91 Å². The highest BCUT2D eigenvalue weighted by atomic mass is 16.2. The Kier molecular flexibility index (Phi) is 4.27. The number of H-pyrrole nitrogens is 1. The Balaban J connectivity index is 1.57. The van der Waals surface area contributed by atoms with Gasteiger partial charge in [-0.1, -0.05) is 6.92 Å². The molecule has 4 N–H and O–H groups in total. The molecule has 1 saturated carbocycles. The van der Waals surface area contributed by atoms with Crippen LogP contribution in [0.3, 0.4) is 0 Å². The highest BCUT2D eigenvalue weighted by Crippen LogP contribution is 2.19. The van der Waals surface area contributed by atoms with Crippen molar-refractivity contribution in [1.29, 1.82) is 0 Å². The van der Waals surface area contributed by atoms with Gasteiger partial charge in [-0.05, 0) is 43.5 Å². The van der Waals surface area contributed by atoms with E-state index >= 15 is 0 Å². The summed E-state index contributed by atoms with van der Waals surface area (Å²) in [6, 6.07) is 8.61. The number of nitrogens with zero attached hydrogens (tertiary/aromatic N) is 1. The lowest BCUT2D eigenvalue weighted by Gasteiger charge is -2.07. The van der Waals surface area contributed by atoms with Crippen molar-refractivity contribution < 1.29 is 9.59 Å². The van der Waals surface area contributed by atoms with Crippen LogP contribution >= 0.6 is 0 Å². The zero-order chi connectivity index (χ0) is 16.2. The van der Waals surface area contributed by atoms with E-state index in [1.54, 1.807) is 30.3 Å². The summed E-state index contributed by atoms with van der Waals surface area (Å²) < 4.78 is 0. The maximum atomic E-state index is 12.1. The van der Waals surface area contributed by atoms with Crippen molar-refractivity contribution in [2.75, 3.05) is 10.6 Å². The van der Waals surface area contributed by atoms with Gasteiger partial charge in [0.1, 0.15) is 0 Å². The number of benzene rings is 1. The van der Waals surface area contributed by atoms with Crippen LogP contribution in [-0.4, -0.2) is 28.2 Å². The van der Waals surface area contributed by atoms with Crippen LogP contribution in [0.4, 0.5) is 16.3 Å². The summed E-state index contributed by atoms with van der Waals surface area (Å²) in [4.78, 5) is 23.8. The van der Waals surface area contributed by atoms with E-state index < -0.39 is 0 Å². The molecule has 3 rings (SSSR count). The molecule has 0 radical (unpaired) electrons. The molecule has 1 aromatic heterocycles. The van der Waals surface area contributed by atoms with Crippen LogP contribution in [-0.2, 0) is 6.42 Å². The van der Waals surface area contributed by atoms with Crippen molar-refractivity contribution in [2.45, 2.75) is 32.2 Å². The van der Waals surface area contributed by atoms with Crippen LogP contribution in [0.25, 0.3) is 0 Å². The fourth-order valence-corrected chi connectivity index (χ4v) is 2.08. The summed E-state index contributed by atoms with van der Waals surface area (Å²) in [6.45, 7) is 2.00. The van der Waals surface area contributed by atoms with Gasteiger partial charge in [-0.15, -0.1) is 0 Å². The van der Waals surface area contributed by atoms with Crippen LogP contribution < -0.4 is 16.0 Å². The van der Waals surface area contributed by atoms with Crippen molar-refractivity contribution in [3.63, 3.8) is 0 Å². The summed E-state index contributed by atoms with van der Waals surface area (Å²) in [5, 5.41) is 15.2. The number of hydrogen-bond donors (Lipinski definition) is 4. The number of urea groups is 1. The van der Waals surface area contributed by atoms with Gasteiger partial charge < -0.3 is 16.0 Å². The monoisotopic (exact) mass is 313 g/mol. The second-order valence-corrected chi connectivity index (χ2v) is 5.54. The largest absolute Gasteiger partial charge is 0.335 e. The van der Waals surface area contributed by atoms with Crippen molar-refractivity contribution >= 4 is 23.4 Å². The average Bonchev–Trinajstić information content (AvgIpc) is 3.23. The first-order valence-corrected chi connectivity index (χ1v) is 7.67. The molecule has 3 amide bonds.